The molecule has 0 spiro atoms. The zero-order valence-corrected chi connectivity index (χ0v) is 19.1. The Morgan fingerprint density at radius 1 is 1.23 bits per heavy atom. The molecule has 1 saturated heterocycles. The first-order chi connectivity index (χ1) is 16.7. The van der Waals surface area contributed by atoms with E-state index in [0.29, 0.717) is 39.8 Å². The summed E-state index contributed by atoms with van der Waals surface area (Å²) < 4.78 is 38.3. The van der Waals surface area contributed by atoms with Crippen LogP contribution in [0.25, 0.3) is 22.4 Å². The van der Waals surface area contributed by atoms with Crippen LogP contribution in [0.5, 0.6) is 0 Å². The number of piperazine rings is 1. The van der Waals surface area contributed by atoms with Gasteiger partial charge in [0.2, 0.25) is 11.8 Å². The van der Waals surface area contributed by atoms with Gasteiger partial charge in [-0.15, -0.1) is 0 Å². The van der Waals surface area contributed by atoms with E-state index in [2.05, 4.69) is 19.9 Å². The van der Waals surface area contributed by atoms with Crippen molar-refractivity contribution in [3.05, 3.63) is 35.7 Å². The van der Waals surface area contributed by atoms with Crippen LogP contribution >= 0.6 is 11.6 Å². The maximum absolute atomic E-state index is 12.8. The zero-order chi connectivity index (χ0) is 24.7. The molecule has 2 aliphatic rings. The third kappa shape index (κ3) is 5.02. The second-order valence-corrected chi connectivity index (χ2v) is 9.03. The SMILES string of the molecule is O=C(NCC(F)(F)F)[C@H]1CN(C(=O)C2CC2)CCN1c1ccnc(-c2c[nH]c3ncc(Cl)cc23)n1. The number of amides is 2. The molecular weight excluding hydrogens is 487 g/mol. The lowest BCUT2D eigenvalue weighted by atomic mass is 10.1. The van der Waals surface area contributed by atoms with Crippen LogP contribution in [-0.2, 0) is 9.59 Å². The Hall–Kier alpha value is -3.41. The predicted molar refractivity (Wildman–Crippen MR) is 122 cm³/mol. The van der Waals surface area contributed by atoms with E-state index in [1.807, 2.05) is 5.32 Å². The van der Waals surface area contributed by atoms with Gasteiger partial charge in [-0.2, -0.15) is 13.2 Å². The van der Waals surface area contributed by atoms with E-state index in [9.17, 15) is 22.8 Å². The molecule has 35 heavy (non-hydrogen) atoms. The van der Waals surface area contributed by atoms with Gasteiger partial charge in [0.05, 0.1) is 11.6 Å². The highest BCUT2D eigenvalue weighted by Gasteiger charge is 2.40. The molecule has 0 aromatic carbocycles. The van der Waals surface area contributed by atoms with Gasteiger partial charge in [0, 0.05) is 48.5 Å². The number of aromatic amines is 1. The molecule has 1 aliphatic heterocycles. The number of hydrogen-bond acceptors (Lipinski definition) is 6. The number of aromatic nitrogens is 4. The van der Waals surface area contributed by atoms with Gasteiger partial charge in [0.15, 0.2) is 5.82 Å². The molecule has 4 heterocycles. The van der Waals surface area contributed by atoms with Crippen LogP contribution in [-0.4, -0.2) is 75.0 Å². The number of anilines is 1. The van der Waals surface area contributed by atoms with E-state index in [4.69, 9.17) is 11.6 Å². The van der Waals surface area contributed by atoms with Gasteiger partial charge in [-0.3, -0.25) is 9.59 Å². The van der Waals surface area contributed by atoms with Crippen LogP contribution in [0.1, 0.15) is 12.8 Å². The number of rotatable bonds is 5. The number of hydrogen-bond donors (Lipinski definition) is 2. The molecular formula is C22H21ClF3N7O2. The van der Waals surface area contributed by atoms with Gasteiger partial charge in [-0.05, 0) is 25.0 Å². The van der Waals surface area contributed by atoms with Crippen LogP contribution in [0.3, 0.4) is 0 Å². The third-order valence-corrected chi connectivity index (χ3v) is 6.26. The van der Waals surface area contributed by atoms with Gasteiger partial charge in [-0.1, -0.05) is 11.6 Å². The second kappa shape index (κ2) is 8.99. The molecule has 0 unspecified atom stereocenters. The summed E-state index contributed by atoms with van der Waals surface area (Å²) in [4.78, 5) is 44.8. The average Bonchev–Trinajstić information content (AvgIpc) is 3.61. The molecule has 9 nitrogen and oxygen atoms in total. The molecule has 1 atom stereocenters. The molecule has 0 radical (unpaired) electrons. The number of nitrogens with zero attached hydrogens (tertiary/aromatic N) is 5. The Kier molecular flexibility index (Phi) is 5.99. The summed E-state index contributed by atoms with van der Waals surface area (Å²) in [5.41, 5.74) is 1.23. The summed E-state index contributed by atoms with van der Waals surface area (Å²) in [6.07, 6.45) is 1.75. The van der Waals surface area contributed by atoms with E-state index >= 15 is 0 Å². The van der Waals surface area contributed by atoms with E-state index in [0.717, 1.165) is 12.8 Å². The lowest BCUT2D eigenvalue weighted by Gasteiger charge is -2.41. The van der Waals surface area contributed by atoms with E-state index < -0.39 is 24.7 Å². The van der Waals surface area contributed by atoms with Crippen molar-refractivity contribution >= 4 is 40.3 Å². The number of carbonyl (C=O) groups excluding carboxylic acids is 2. The highest BCUT2D eigenvalue weighted by Crippen LogP contribution is 2.33. The minimum Gasteiger partial charge on any atom is -0.345 e. The molecule has 1 aliphatic carbocycles. The lowest BCUT2D eigenvalue weighted by Crippen LogP contribution is -2.61. The molecule has 2 amide bonds. The van der Waals surface area contributed by atoms with Crippen molar-refractivity contribution in [1.29, 1.82) is 0 Å². The van der Waals surface area contributed by atoms with E-state index in [1.54, 1.807) is 28.1 Å². The van der Waals surface area contributed by atoms with Gasteiger partial charge in [0.1, 0.15) is 24.1 Å². The smallest absolute Gasteiger partial charge is 0.345 e. The van der Waals surface area contributed by atoms with Crippen molar-refractivity contribution < 1.29 is 22.8 Å². The molecule has 2 N–H and O–H groups in total. The Morgan fingerprint density at radius 3 is 2.77 bits per heavy atom. The topological polar surface area (TPSA) is 107 Å². The van der Waals surface area contributed by atoms with Crippen molar-refractivity contribution in [3.63, 3.8) is 0 Å². The summed E-state index contributed by atoms with van der Waals surface area (Å²) in [7, 11) is 0. The van der Waals surface area contributed by atoms with Crippen LogP contribution in [0.4, 0.5) is 19.0 Å². The monoisotopic (exact) mass is 507 g/mol. The Bertz CT molecular complexity index is 1280. The van der Waals surface area contributed by atoms with Crippen molar-refractivity contribution in [1.82, 2.24) is 30.2 Å². The van der Waals surface area contributed by atoms with Crippen molar-refractivity contribution in [2.24, 2.45) is 5.92 Å². The summed E-state index contributed by atoms with van der Waals surface area (Å²) in [6.45, 7) is -0.902. The van der Waals surface area contributed by atoms with Crippen LogP contribution in [0.2, 0.25) is 5.02 Å². The van der Waals surface area contributed by atoms with Gasteiger partial charge >= 0.3 is 6.18 Å². The van der Waals surface area contributed by atoms with E-state index in [1.165, 1.54) is 12.4 Å². The molecule has 184 valence electrons. The summed E-state index contributed by atoms with van der Waals surface area (Å²) in [6, 6.07) is 2.28. The van der Waals surface area contributed by atoms with Crippen LogP contribution in [0, 0.1) is 5.92 Å². The standard InChI is InChI=1S/C22H21ClF3N7O2/c23-13-7-14-15(9-29-18(14)28-8-13)19-27-4-3-17(31-19)33-6-5-32(21(35)12-1-2-12)10-16(33)20(34)30-11-22(24,25)26/h3-4,7-9,12,16H,1-2,5-6,10-11H2,(H,28,29)(H,30,34)/t16-/m1/s1. The lowest BCUT2D eigenvalue weighted by molar-refractivity contribution is -0.141. The number of pyridine rings is 1. The first-order valence-electron chi connectivity index (χ1n) is 11.1. The number of alkyl halides is 3. The Morgan fingerprint density at radius 2 is 2.03 bits per heavy atom. The number of nitrogens with one attached hydrogen (secondary N) is 2. The highest BCUT2D eigenvalue weighted by atomic mass is 35.5. The molecule has 2 fully saturated rings. The fourth-order valence-corrected chi connectivity index (χ4v) is 4.34. The van der Waals surface area contributed by atoms with Crippen LogP contribution in [0.15, 0.2) is 30.7 Å². The Labute approximate surface area is 202 Å². The summed E-state index contributed by atoms with van der Waals surface area (Å²) in [5, 5.41) is 3.09. The van der Waals surface area contributed by atoms with Gasteiger partial charge < -0.3 is 20.1 Å². The molecule has 1 saturated carbocycles. The van der Waals surface area contributed by atoms with Gasteiger partial charge in [0.25, 0.3) is 0 Å². The van der Waals surface area contributed by atoms with Gasteiger partial charge in [-0.25, -0.2) is 15.0 Å². The van der Waals surface area contributed by atoms with Crippen molar-refractivity contribution in [2.75, 3.05) is 31.1 Å². The number of carbonyl (C=O) groups is 2. The normalized spacial score (nSPS) is 18.7. The predicted octanol–water partition coefficient (Wildman–Crippen LogP) is 2.78. The largest absolute Gasteiger partial charge is 0.405 e. The fourth-order valence-electron chi connectivity index (χ4n) is 4.18. The number of H-pyrrole nitrogens is 1. The number of halogens is 4. The minimum absolute atomic E-state index is 0.0228. The molecule has 5 rings (SSSR count). The maximum Gasteiger partial charge on any atom is 0.405 e. The summed E-state index contributed by atoms with van der Waals surface area (Å²) >= 11 is 6.09. The second-order valence-electron chi connectivity index (χ2n) is 8.59. The first kappa shape index (κ1) is 23.3. The zero-order valence-electron chi connectivity index (χ0n) is 18.3. The first-order valence-corrected chi connectivity index (χ1v) is 11.4. The fraction of sp³-hybridized carbons (Fsp3) is 0.409. The molecule has 0 bridgehead atoms. The Balaban J connectivity index is 1.44. The highest BCUT2D eigenvalue weighted by molar-refractivity contribution is 6.31. The maximum atomic E-state index is 12.8. The minimum atomic E-state index is -4.55. The number of fused-ring (bicyclic) bond motifs is 1. The third-order valence-electron chi connectivity index (χ3n) is 6.06. The summed E-state index contributed by atoms with van der Waals surface area (Å²) in [5.74, 6) is -0.245. The average molecular weight is 508 g/mol. The van der Waals surface area contributed by atoms with Crippen LogP contribution < -0.4 is 10.2 Å². The quantitative estimate of drug-likeness (QED) is 0.550. The van der Waals surface area contributed by atoms with Crippen molar-refractivity contribution in [3.8, 4) is 11.4 Å². The molecule has 3 aromatic rings. The van der Waals surface area contributed by atoms with Crippen molar-refractivity contribution in [2.45, 2.75) is 25.1 Å². The van der Waals surface area contributed by atoms with E-state index in [-0.39, 0.29) is 24.9 Å². The molecule has 13 heteroatoms. The molecule has 3 aromatic heterocycles.